The zero-order valence-corrected chi connectivity index (χ0v) is 16.5. The van der Waals surface area contributed by atoms with Crippen LogP contribution in [0.25, 0.3) is 0 Å². The third-order valence-electron chi connectivity index (χ3n) is 3.88. The van der Waals surface area contributed by atoms with Gasteiger partial charge in [0.05, 0.1) is 29.5 Å². The molecular formula is C14H4N6O16. The lowest BCUT2D eigenvalue weighted by molar-refractivity contribution is -0.441. The average Bonchev–Trinajstić information content (AvgIpc) is 2.77. The zero-order valence-electron chi connectivity index (χ0n) is 16.5. The van der Waals surface area contributed by atoms with E-state index in [2.05, 4.69) is 9.47 Å². The largest absolute Gasteiger partial charge is 0.426 e. The summed E-state index contributed by atoms with van der Waals surface area (Å²) in [5, 5.41) is 66.6. The van der Waals surface area contributed by atoms with E-state index >= 15 is 0 Å². The van der Waals surface area contributed by atoms with E-state index in [4.69, 9.17) is 0 Å². The number of rotatable bonds is 8. The van der Waals surface area contributed by atoms with Gasteiger partial charge in [-0.2, -0.15) is 0 Å². The molecule has 0 N–H and O–H groups in total. The fraction of sp³-hybridized carbons (Fsp3) is 0. The van der Waals surface area contributed by atoms with Crippen molar-refractivity contribution in [2.45, 2.75) is 0 Å². The second-order valence-corrected chi connectivity index (χ2v) is 5.88. The summed E-state index contributed by atoms with van der Waals surface area (Å²) in [4.78, 5) is 81.8. The highest BCUT2D eigenvalue weighted by molar-refractivity contribution is 6.31. The van der Waals surface area contributed by atoms with Gasteiger partial charge in [-0.25, -0.2) is 9.59 Å². The van der Waals surface area contributed by atoms with Crippen molar-refractivity contribution in [1.82, 2.24) is 0 Å². The van der Waals surface area contributed by atoms with Crippen LogP contribution in [0.4, 0.5) is 34.1 Å². The molecule has 0 aromatic heterocycles. The summed E-state index contributed by atoms with van der Waals surface area (Å²) in [5.41, 5.74) is -9.61. The molecule has 0 spiro atoms. The van der Waals surface area contributed by atoms with Gasteiger partial charge in [-0.3, -0.25) is 60.7 Å². The standard InChI is InChI=1S/C14H4N6O16/c21-13(35-7-3-1-5(15(23)24)9(17(27)28)11(7)19(31)32)14(22)36-8-4-2-6(16(25)26)10(18(29)30)12(8)20(33)34/h1-4H. The number of carbonyl (C=O) groups excluding carboxylic acids is 2. The molecule has 0 saturated heterocycles. The molecule has 0 fully saturated rings. The molecule has 2 rings (SSSR count). The topological polar surface area (TPSA) is 311 Å². The molecule has 2 aromatic carbocycles. The first-order valence-electron chi connectivity index (χ1n) is 8.33. The van der Waals surface area contributed by atoms with Crippen LogP contribution in [0.15, 0.2) is 24.3 Å². The monoisotopic (exact) mass is 512 g/mol. The van der Waals surface area contributed by atoms with E-state index in [1.165, 1.54) is 0 Å². The third kappa shape index (κ3) is 4.90. The Morgan fingerprint density at radius 1 is 0.472 bits per heavy atom. The lowest BCUT2D eigenvalue weighted by atomic mass is 10.2. The normalized spacial score (nSPS) is 10.1. The van der Waals surface area contributed by atoms with Gasteiger partial charge in [-0.05, 0) is 12.1 Å². The molecule has 0 unspecified atom stereocenters. The van der Waals surface area contributed by atoms with Crippen LogP contribution in [0, 0.1) is 60.7 Å². The molecule has 0 aliphatic rings. The van der Waals surface area contributed by atoms with Crippen LogP contribution in [0.2, 0.25) is 0 Å². The van der Waals surface area contributed by atoms with Gasteiger partial charge in [0.15, 0.2) is 0 Å². The highest BCUT2D eigenvalue weighted by Crippen LogP contribution is 2.44. The number of hydrogen-bond acceptors (Lipinski definition) is 16. The van der Waals surface area contributed by atoms with E-state index in [-0.39, 0.29) is 0 Å². The van der Waals surface area contributed by atoms with Crippen molar-refractivity contribution in [3.8, 4) is 11.5 Å². The number of nitrogens with zero attached hydrogens (tertiary/aromatic N) is 6. The molecule has 36 heavy (non-hydrogen) atoms. The molecule has 22 nitrogen and oxygen atoms in total. The molecule has 0 amide bonds. The molecule has 186 valence electrons. The van der Waals surface area contributed by atoms with Crippen LogP contribution in [0.1, 0.15) is 0 Å². The number of ether oxygens (including phenoxy) is 2. The molecular weight excluding hydrogens is 508 g/mol. The zero-order chi connectivity index (χ0) is 27.5. The van der Waals surface area contributed by atoms with Crippen LogP contribution < -0.4 is 9.47 Å². The van der Waals surface area contributed by atoms with E-state index in [9.17, 15) is 70.3 Å². The quantitative estimate of drug-likeness (QED) is 0.159. The van der Waals surface area contributed by atoms with Crippen molar-refractivity contribution in [3.05, 3.63) is 85.0 Å². The summed E-state index contributed by atoms with van der Waals surface area (Å²) in [6, 6.07) is 1.38. The Labute approximate surface area is 192 Å². The SMILES string of the molecule is O=C(Oc1ccc([N+](=O)[O-])c([N+](=O)[O-])c1[N+](=O)[O-])C(=O)Oc1ccc([N+](=O)[O-])c([N+](=O)[O-])c1[N+](=O)[O-]. The maximum absolute atomic E-state index is 12.0. The Morgan fingerprint density at radius 3 is 0.972 bits per heavy atom. The Morgan fingerprint density at radius 2 is 0.750 bits per heavy atom. The number of nitro groups is 6. The fourth-order valence-electron chi connectivity index (χ4n) is 2.56. The maximum Gasteiger partial charge on any atom is 0.426 e. The van der Waals surface area contributed by atoms with Crippen LogP contribution in [-0.2, 0) is 9.59 Å². The molecule has 0 aliphatic heterocycles. The summed E-state index contributed by atoms with van der Waals surface area (Å²) in [7, 11) is 0. The molecule has 0 saturated carbocycles. The number of carbonyl (C=O) groups is 2. The molecule has 0 atom stereocenters. The minimum absolute atomic E-state index is 0.337. The van der Waals surface area contributed by atoms with Crippen LogP contribution in [0.5, 0.6) is 11.5 Å². The number of hydrogen-bond donors (Lipinski definition) is 0. The summed E-state index contributed by atoms with van der Waals surface area (Å²) in [5.74, 6) is -7.14. The molecule has 2 aromatic rings. The highest BCUT2D eigenvalue weighted by atomic mass is 16.7. The first kappa shape index (κ1) is 26.0. The van der Waals surface area contributed by atoms with Crippen molar-refractivity contribution in [2.24, 2.45) is 0 Å². The highest BCUT2D eigenvalue weighted by Gasteiger charge is 2.43. The first-order valence-corrected chi connectivity index (χ1v) is 8.33. The van der Waals surface area contributed by atoms with Gasteiger partial charge < -0.3 is 9.47 Å². The van der Waals surface area contributed by atoms with Gasteiger partial charge in [0.1, 0.15) is 0 Å². The number of nitro benzene ring substituents is 6. The maximum atomic E-state index is 12.0. The number of esters is 2. The van der Waals surface area contributed by atoms with Crippen LogP contribution in [-0.4, -0.2) is 41.5 Å². The third-order valence-corrected chi connectivity index (χ3v) is 3.88. The second-order valence-electron chi connectivity index (χ2n) is 5.88. The fourth-order valence-corrected chi connectivity index (χ4v) is 2.56. The predicted octanol–water partition coefficient (Wildman–Crippen LogP) is 1.65. The van der Waals surface area contributed by atoms with Gasteiger partial charge in [0.25, 0.3) is 0 Å². The Kier molecular flexibility index (Phi) is 7.04. The smallest absolute Gasteiger partial charge is 0.410 e. The molecule has 0 bridgehead atoms. The average molecular weight is 512 g/mol. The molecule has 0 heterocycles. The predicted molar refractivity (Wildman–Crippen MR) is 104 cm³/mol. The lowest BCUT2D eigenvalue weighted by Crippen LogP contribution is -2.26. The minimum atomic E-state index is -2.23. The summed E-state index contributed by atoms with van der Waals surface area (Å²) >= 11 is 0. The van der Waals surface area contributed by atoms with Crippen LogP contribution >= 0.6 is 0 Å². The summed E-state index contributed by atoms with van der Waals surface area (Å²) < 4.78 is 8.62. The van der Waals surface area contributed by atoms with E-state index in [0.29, 0.717) is 24.3 Å². The summed E-state index contributed by atoms with van der Waals surface area (Å²) in [6.45, 7) is 0. The minimum Gasteiger partial charge on any atom is -0.410 e. The first-order chi connectivity index (χ1) is 16.7. The van der Waals surface area contributed by atoms with Crippen LogP contribution in [0.3, 0.4) is 0 Å². The van der Waals surface area contributed by atoms with Gasteiger partial charge in [-0.1, -0.05) is 0 Å². The van der Waals surface area contributed by atoms with Gasteiger partial charge in [0, 0.05) is 12.1 Å². The number of benzene rings is 2. The van der Waals surface area contributed by atoms with E-state index in [0.717, 1.165) is 0 Å². The van der Waals surface area contributed by atoms with Crippen molar-refractivity contribution in [3.63, 3.8) is 0 Å². The lowest BCUT2D eigenvalue weighted by Gasteiger charge is -2.07. The molecule has 0 radical (unpaired) electrons. The van der Waals surface area contributed by atoms with Crippen molar-refractivity contribution < 1.29 is 48.6 Å². The van der Waals surface area contributed by atoms with E-state index in [1.54, 1.807) is 0 Å². The Balaban J connectivity index is 2.52. The molecule has 0 aliphatic carbocycles. The Hall–Kier alpha value is -6.22. The van der Waals surface area contributed by atoms with Crippen molar-refractivity contribution in [1.29, 1.82) is 0 Å². The van der Waals surface area contributed by atoms with Crippen molar-refractivity contribution >= 4 is 46.1 Å². The summed E-state index contributed by atoms with van der Waals surface area (Å²) in [6.07, 6.45) is 0. The van der Waals surface area contributed by atoms with Gasteiger partial charge in [-0.15, -0.1) is 0 Å². The van der Waals surface area contributed by atoms with E-state index in [1.807, 2.05) is 0 Å². The second kappa shape index (κ2) is 9.73. The Bertz CT molecular complexity index is 1290. The van der Waals surface area contributed by atoms with Gasteiger partial charge in [0.2, 0.25) is 11.5 Å². The molecule has 22 heteroatoms. The van der Waals surface area contributed by atoms with Crippen molar-refractivity contribution in [2.75, 3.05) is 0 Å². The van der Waals surface area contributed by atoms with Gasteiger partial charge >= 0.3 is 46.1 Å². The van der Waals surface area contributed by atoms with E-state index < -0.39 is 87.1 Å².